The van der Waals surface area contributed by atoms with Crippen molar-refractivity contribution in [3.05, 3.63) is 24.2 Å². The van der Waals surface area contributed by atoms with Gasteiger partial charge in [0.25, 0.3) is 0 Å². The SMILES string of the molecule is NC(=O)N1C=CC=C(OC(=O)C2CC(F)CN2C(=O)C(CC2CCC2)CN(O)C=O)N1O. The number of hydrazine groups is 1. The van der Waals surface area contributed by atoms with Gasteiger partial charge in [0.1, 0.15) is 12.2 Å². The van der Waals surface area contributed by atoms with Gasteiger partial charge in [-0.3, -0.25) is 20.0 Å². The second-order valence-electron chi connectivity index (χ2n) is 8.04. The lowest BCUT2D eigenvalue weighted by molar-refractivity contribution is -0.209. The number of halogens is 1. The number of carbonyl (C=O) groups is 4. The molecule has 3 unspecified atom stereocenters. The number of ether oxygens (including phenoxy) is 1. The van der Waals surface area contributed by atoms with Gasteiger partial charge in [-0.1, -0.05) is 19.3 Å². The molecule has 0 radical (unpaired) electrons. The monoisotopic (exact) mass is 455 g/mol. The highest BCUT2D eigenvalue weighted by atomic mass is 19.1. The van der Waals surface area contributed by atoms with Gasteiger partial charge in [-0.15, -0.1) is 5.17 Å². The number of nitrogens with zero attached hydrogens (tertiary/aromatic N) is 4. The zero-order chi connectivity index (χ0) is 23.4. The third-order valence-corrected chi connectivity index (χ3v) is 5.82. The summed E-state index contributed by atoms with van der Waals surface area (Å²) in [7, 11) is 0. The smallest absolute Gasteiger partial charge is 0.339 e. The summed E-state index contributed by atoms with van der Waals surface area (Å²) in [6.45, 7) is -0.622. The van der Waals surface area contributed by atoms with E-state index in [4.69, 9.17) is 10.5 Å². The number of alkyl halides is 1. The molecule has 32 heavy (non-hydrogen) atoms. The van der Waals surface area contributed by atoms with Crippen LogP contribution in [-0.2, 0) is 19.1 Å². The molecule has 1 aliphatic carbocycles. The third-order valence-electron chi connectivity index (χ3n) is 5.82. The number of esters is 1. The first-order valence-electron chi connectivity index (χ1n) is 10.2. The molecule has 2 aliphatic heterocycles. The van der Waals surface area contributed by atoms with Gasteiger partial charge in [-0.05, 0) is 18.4 Å². The molecule has 0 aromatic rings. The van der Waals surface area contributed by atoms with Crippen LogP contribution in [0.2, 0.25) is 0 Å². The van der Waals surface area contributed by atoms with Crippen LogP contribution >= 0.6 is 0 Å². The van der Waals surface area contributed by atoms with Gasteiger partial charge in [0, 0.05) is 18.7 Å². The van der Waals surface area contributed by atoms with Crippen molar-refractivity contribution in [1.82, 2.24) is 20.1 Å². The van der Waals surface area contributed by atoms with E-state index in [0.717, 1.165) is 30.4 Å². The van der Waals surface area contributed by atoms with Crippen molar-refractivity contribution < 1.29 is 38.7 Å². The number of carbonyl (C=O) groups excluding carboxylic acids is 4. The maximum absolute atomic E-state index is 14.2. The molecule has 3 atom stereocenters. The van der Waals surface area contributed by atoms with Crippen molar-refractivity contribution in [2.24, 2.45) is 17.6 Å². The number of urea groups is 1. The standard InChI is InChI=1S/C19H26FN5O7/c20-14-8-15(18(28)32-16-5-2-6-24(19(21)29)25(16)31)23(10-14)17(27)13(9-22(30)11-26)7-12-3-1-4-12/h2,5-6,11-15,30-31H,1,3-4,7-10H2,(H2,21,29). The minimum absolute atomic E-state index is 0.179. The Balaban J connectivity index is 1.72. The number of likely N-dealkylation sites (tertiary alicyclic amines) is 1. The molecule has 0 bridgehead atoms. The van der Waals surface area contributed by atoms with E-state index in [-0.39, 0.29) is 37.0 Å². The van der Waals surface area contributed by atoms with Crippen molar-refractivity contribution in [3.8, 4) is 0 Å². The maximum atomic E-state index is 14.2. The van der Waals surface area contributed by atoms with Crippen molar-refractivity contribution in [3.63, 3.8) is 0 Å². The third kappa shape index (κ3) is 5.16. The molecule has 13 heteroatoms. The van der Waals surface area contributed by atoms with Crippen molar-refractivity contribution in [2.75, 3.05) is 13.1 Å². The molecule has 0 spiro atoms. The van der Waals surface area contributed by atoms with E-state index in [1.54, 1.807) is 0 Å². The second-order valence-corrected chi connectivity index (χ2v) is 8.04. The van der Waals surface area contributed by atoms with Crippen molar-refractivity contribution in [1.29, 1.82) is 0 Å². The summed E-state index contributed by atoms with van der Waals surface area (Å²) in [5.41, 5.74) is 5.11. The second kappa shape index (κ2) is 9.96. The van der Waals surface area contributed by atoms with E-state index in [9.17, 15) is 34.0 Å². The lowest BCUT2D eigenvalue weighted by Gasteiger charge is -2.33. The van der Waals surface area contributed by atoms with Crippen LogP contribution in [0.4, 0.5) is 9.18 Å². The first-order chi connectivity index (χ1) is 15.2. The van der Waals surface area contributed by atoms with E-state index in [1.165, 1.54) is 12.2 Å². The molecule has 0 aromatic carbocycles. The molecule has 1 saturated heterocycles. The Morgan fingerprint density at radius 1 is 1.38 bits per heavy atom. The van der Waals surface area contributed by atoms with Crippen molar-refractivity contribution >= 4 is 24.3 Å². The topological polar surface area (TPSA) is 157 Å². The summed E-state index contributed by atoms with van der Waals surface area (Å²) in [5.74, 6) is -2.61. The van der Waals surface area contributed by atoms with Crippen LogP contribution in [0, 0.1) is 11.8 Å². The molecular weight excluding hydrogens is 429 g/mol. The Morgan fingerprint density at radius 3 is 2.69 bits per heavy atom. The van der Waals surface area contributed by atoms with Gasteiger partial charge >= 0.3 is 12.0 Å². The zero-order valence-electron chi connectivity index (χ0n) is 17.2. The van der Waals surface area contributed by atoms with Crippen LogP contribution in [-0.4, -0.2) is 80.2 Å². The molecule has 12 nitrogen and oxygen atoms in total. The van der Waals surface area contributed by atoms with Gasteiger partial charge < -0.3 is 15.4 Å². The molecule has 2 fully saturated rings. The highest BCUT2D eigenvalue weighted by molar-refractivity contribution is 5.87. The average molecular weight is 455 g/mol. The largest absolute Gasteiger partial charge is 0.404 e. The molecule has 1 saturated carbocycles. The number of nitrogens with two attached hydrogens (primary N) is 1. The van der Waals surface area contributed by atoms with Crippen LogP contribution in [0.25, 0.3) is 0 Å². The highest BCUT2D eigenvalue weighted by Gasteiger charge is 2.44. The Labute approximate surface area is 183 Å². The number of hydrogen-bond donors (Lipinski definition) is 3. The Morgan fingerprint density at radius 2 is 2.09 bits per heavy atom. The molecule has 4 N–H and O–H groups in total. The van der Waals surface area contributed by atoms with Crippen LogP contribution < -0.4 is 5.73 Å². The summed E-state index contributed by atoms with van der Waals surface area (Å²) in [5, 5.41) is 20.8. The summed E-state index contributed by atoms with van der Waals surface area (Å²) >= 11 is 0. The van der Waals surface area contributed by atoms with E-state index in [1.807, 2.05) is 0 Å². The molecule has 4 amide bonds. The number of hydroxylamine groups is 3. The van der Waals surface area contributed by atoms with E-state index in [0.29, 0.717) is 16.5 Å². The Kier molecular flexibility index (Phi) is 7.30. The van der Waals surface area contributed by atoms with Crippen LogP contribution in [0.3, 0.4) is 0 Å². The molecule has 3 aliphatic rings. The molecule has 2 heterocycles. The first kappa shape index (κ1) is 23.5. The first-order valence-corrected chi connectivity index (χ1v) is 10.2. The predicted octanol–water partition coefficient (Wildman–Crippen LogP) is 0.478. The fourth-order valence-electron chi connectivity index (χ4n) is 4.00. The van der Waals surface area contributed by atoms with E-state index in [2.05, 4.69) is 0 Å². The van der Waals surface area contributed by atoms with E-state index < -0.39 is 41.9 Å². The minimum Gasteiger partial charge on any atom is -0.404 e. The Hall–Kier alpha value is -3.19. The Bertz CT molecular complexity index is 818. The number of hydrogen-bond acceptors (Lipinski definition) is 8. The number of allylic oxidation sites excluding steroid dienone is 2. The maximum Gasteiger partial charge on any atom is 0.339 e. The van der Waals surface area contributed by atoms with Gasteiger partial charge in [0.05, 0.1) is 19.0 Å². The summed E-state index contributed by atoms with van der Waals surface area (Å²) < 4.78 is 19.3. The lowest BCUT2D eigenvalue weighted by Crippen LogP contribution is -2.49. The quantitative estimate of drug-likeness (QED) is 0.206. The predicted molar refractivity (Wildman–Crippen MR) is 103 cm³/mol. The molecular formula is C19H26FN5O7. The van der Waals surface area contributed by atoms with Crippen LogP contribution in [0.5, 0.6) is 0 Å². The summed E-state index contributed by atoms with van der Waals surface area (Å²) in [4.78, 5) is 49.1. The zero-order valence-corrected chi connectivity index (χ0v) is 17.2. The normalized spacial score (nSPS) is 24.0. The number of primary amides is 1. The van der Waals surface area contributed by atoms with Crippen LogP contribution in [0.1, 0.15) is 32.1 Å². The van der Waals surface area contributed by atoms with Gasteiger partial charge in [0.2, 0.25) is 18.2 Å². The lowest BCUT2D eigenvalue weighted by atomic mass is 9.78. The average Bonchev–Trinajstić information content (AvgIpc) is 3.12. The summed E-state index contributed by atoms with van der Waals surface area (Å²) in [6, 6.07) is -2.33. The van der Waals surface area contributed by atoms with E-state index >= 15 is 0 Å². The molecule has 0 aromatic heterocycles. The molecule has 3 rings (SSSR count). The number of amides is 4. The highest BCUT2D eigenvalue weighted by Crippen LogP contribution is 2.34. The van der Waals surface area contributed by atoms with Gasteiger partial charge in [-0.25, -0.2) is 19.0 Å². The number of rotatable bonds is 8. The van der Waals surface area contributed by atoms with Crippen molar-refractivity contribution in [2.45, 2.75) is 44.3 Å². The van der Waals surface area contributed by atoms with Gasteiger partial charge in [0.15, 0.2) is 0 Å². The fraction of sp³-hybridized carbons (Fsp3) is 0.579. The van der Waals surface area contributed by atoms with Gasteiger partial charge in [-0.2, -0.15) is 5.01 Å². The fourth-order valence-corrected chi connectivity index (χ4v) is 4.00. The minimum atomic E-state index is -1.48. The summed E-state index contributed by atoms with van der Waals surface area (Å²) in [6.07, 6.45) is 5.23. The van der Waals surface area contributed by atoms with Crippen LogP contribution in [0.15, 0.2) is 24.2 Å². The molecule has 176 valence electrons.